The molecule has 0 radical (unpaired) electrons. The first-order valence-electron chi connectivity index (χ1n) is 8.25. The Morgan fingerprint density at radius 1 is 1.08 bits per heavy atom. The van der Waals surface area contributed by atoms with Crippen LogP contribution in [0.4, 0.5) is 10.1 Å². The average molecular weight is 338 g/mol. The minimum Gasteiger partial charge on any atom is -0.337 e. The fraction of sp³-hybridized carbons (Fsp3) is 0.200. The number of fused-ring (bicyclic) bond motifs is 1. The number of halogens is 1. The van der Waals surface area contributed by atoms with Crippen LogP contribution in [0.5, 0.6) is 0 Å². The Labute approximate surface area is 145 Å². The van der Waals surface area contributed by atoms with Gasteiger partial charge in [-0.1, -0.05) is 25.1 Å². The highest BCUT2D eigenvalue weighted by molar-refractivity contribution is 6.08. The van der Waals surface area contributed by atoms with Crippen molar-refractivity contribution in [3.8, 4) is 0 Å². The van der Waals surface area contributed by atoms with Crippen LogP contribution in [-0.2, 0) is 11.3 Å². The summed E-state index contributed by atoms with van der Waals surface area (Å²) >= 11 is 0. The lowest BCUT2D eigenvalue weighted by Gasteiger charge is -2.07. The fourth-order valence-electron chi connectivity index (χ4n) is 2.85. The summed E-state index contributed by atoms with van der Waals surface area (Å²) in [5.74, 6) is -0.508. The summed E-state index contributed by atoms with van der Waals surface area (Å²) in [6.07, 6.45) is 3.01. The molecule has 3 aromatic rings. The predicted molar refractivity (Wildman–Crippen MR) is 96.2 cm³/mol. The van der Waals surface area contributed by atoms with Gasteiger partial charge >= 0.3 is 0 Å². The molecular weight excluding hydrogens is 319 g/mol. The number of ketones is 1. The molecule has 0 saturated carbocycles. The van der Waals surface area contributed by atoms with Crippen molar-refractivity contribution in [2.24, 2.45) is 0 Å². The standard InChI is InChI=1S/C20H19FN2O2/c1-2-5-19(24)17-12-23(18-7-4-3-6-16(17)18)13-20(25)22-15-10-8-14(21)9-11-15/h3-4,6-12H,2,5,13H2,1H3,(H,22,25). The summed E-state index contributed by atoms with van der Waals surface area (Å²) in [7, 11) is 0. The van der Waals surface area contributed by atoms with Crippen LogP contribution in [0, 0.1) is 5.82 Å². The van der Waals surface area contributed by atoms with Gasteiger partial charge in [-0.05, 0) is 36.8 Å². The van der Waals surface area contributed by atoms with E-state index in [0.29, 0.717) is 17.7 Å². The first-order chi connectivity index (χ1) is 12.1. The lowest BCUT2D eigenvalue weighted by atomic mass is 10.1. The van der Waals surface area contributed by atoms with E-state index in [0.717, 1.165) is 17.3 Å². The van der Waals surface area contributed by atoms with Gasteiger partial charge in [-0.25, -0.2) is 4.39 Å². The number of rotatable bonds is 6. The number of carbonyl (C=O) groups excluding carboxylic acids is 2. The van der Waals surface area contributed by atoms with Crippen molar-refractivity contribution >= 4 is 28.3 Å². The topological polar surface area (TPSA) is 51.1 Å². The molecule has 128 valence electrons. The van der Waals surface area contributed by atoms with E-state index in [1.54, 1.807) is 10.8 Å². The number of aromatic nitrogens is 1. The van der Waals surface area contributed by atoms with E-state index >= 15 is 0 Å². The number of para-hydroxylation sites is 1. The van der Waals surface area contributed by atoms with Gasteiger partial charge in [0.05, 0.1) is 0 Å². The highest BCUT2D eigenvalue weighted by Gasteiger charge is 2.15. The van der Waals surface area contributed by atoms with Gasteiger partial charge in [0.15, 0.2) is 5.78 Å². The third kappa shape index (κ3) is 3.76. The summed E-state index contributed by atoms with van der Waals surface area (Å²) in [6.45, 7) is 2.05. The zero-order chi connectivity index (χ0) is 17.8. The molecule has 1 N–H and O–H groups in total. The Morgan fingerprint density at radius 3 is 2.52 bits per heavy atom. The van der Waals surface area contributed by atoms with Crippen LogP contribution in [-0.4, -0.2) is 16.3 Å². The molecule has 4 nitrogen and oxygen atoms in total. The van der Waals surface area contributed by atoms with Crippen LogP contribution in [0.15, 0.2) is 54.7 Å². The second-order valence-electron chi connectivity index (χ2n) is 5.92. The number of nitrogens with one attached hydrogen (secondary N) is 1. The fourth-order valence-corrected chi connectivity index (χ4v) is 2.85. The van der Waals surface area contributed by atoms with E-state index in [1.165, 1.54) is 24.3 Å². The molecule has 2 aromatic carbocycles. The SMILES string of the molecule is CCCC(=O)c1cn(CC(=O)Nc2ccc(F)cc2)c2ccccc12. The van der Waals surface area contributed by atoms with Crippen LogP contribution in [0.25, 0.3) is 10.9 Å². The molecule has 0 spiro atoms. The van der Waals surface area contributed by atoms with E-state index in [2.05, 4.69) is 5.32 Å². The second kappa shape index (κ2) is 7.30. The van der Waals surface area contributed by atoms with E-state index in [4.69, 9.17) is 0 Å². The molecule has 25 heavy (non-hydrogen) atoms. The van der Waals surface area contributed by atoms with Gasteiger partial charge in [0.1, 0.15) is 12.4 Å². The summed E-state index contributed by atoms with van der Waals surface area (Å²) < 4.78 is 14.7. The number of anilines is 1. The highest BCUT2D eigenvalue weighted by atomic mass is 19.1. The molecular formula is C20H19FN2O2. The molecule has 0 fully saturated rings. The molecule has 1 amide bonds. The number of hydrogen-bond acceptors (Lipinski definition) is 2. The van der Waals surface area contributed by atoms with Crippen molar-refractivity contribution in [1.29, 1.82) is 0 Å². The summed E-state index contributed by atoms with van der Waals surface area (Å²) in [6, 6.07) is 13.2. The molecule has 1 aromatic heterocycles. The number of nitrogens with zero attached hydrogens (tertiary/aromatic N) is 1. The Kier molecular flexibility index (Phi) is 4.93. The molecule has 1 heterocycles. The lowest BCUT2D eigenvalue weighted by Crippen LogP contribution is -2.18. The number of amides is 1. The van der Waals surface area contributed by atoms with Crippen molar-refractivity contribution in [1.82, 2.24) is 4.57 Å². The average Bonchev–Trinajstić information content (AvgIpc) is 2.96. The molecule has 0 aliphatic rings. The van der Waals surface area contributed by atoms with Gasteiger partial charge in [-0.15, -0.1) is 0 Å². The Morgan fingerprint density at radius 2 is 1.80 bits per heavy atom. The maximum atomic E-state index is 12.9. The quantitative estimate of drug-likeness (QED) is 0.677. The largest absolute Gasteiger partial charge is 0.337 e. The van der Waals surface area contributed by atoms with Gasteiger partial charge in [0.25, 0.3) is 0 Å². The zero-order valence-corrected chi connectivity index (χ0v) is 14.0. The molecule has 0 unspecified atom stereocenters. The van der Waals surface area contributed by atoms with Crippen molar-refractivity contribution in [3.05, 3.63) is 66.1 Å². The van der Waals surface area contributed by atoms with Crippen LogP contribution in [0.3, 0.4) is 0 Å². The van der Waals surface area contributed by atoms with Crippen molar-refractivity contribution in [2.75, 3.05) is 5.32 Å². The lowest BCUT2D eigenvalue weighted by molar-refractivity contribution is -0.116. The third-order valence-electron chi connectivity index (χ3n) is 4.01. The smallest absolute Gasteiger partial charge is 0.244 e. The molecule has 5 heteroatoms. The predicted octanol–water partition coefficient (Wildman–Crippen LogP) is 4.40. The van der Waals surface area contributed by atoms with Crippen LogP contribution in [0.1, 0.15) is 30.1 Å². The van der Waals surface area contributed by atoms with Crippen molar-refractivity contribution in [3.63, 3.8) is 0 Å². The van der Waals surface area contributed by atoms with Gasteiger partial charge in [-0.3, -0.25) is 9.59 Å². The Balaban J connectivity index is 1.84. The van der Waals surface area contributed by atoms with E-state index in [-0.39, 0.29) is 24.1 Å². The van der Waals surface area contributed by atoms with Gasteiger partial charge < -0.3 is 9.88 Å². The first kappa shape index (κ1) is 16.9. The molecule has 3 rings (SSSR count). The third-order valence-corrected chi connectivity index (χ3v) is 4.01. The monoisotopic (exact) mass is 338 g/mol. The van der Waals surface area contributed by atoms with E-state index in [1.807, 2.05) is 31.2 Å². The maximum absolute atomic E-state index is 12.9. The molecule has 0 saturated heterocycles. The zero-order valence-electron chi connectivity index (χ0n) is 14.0. The Hall–Kier alpha value is -2.95. The maximum Gasteiger partial charge on any atom is 0.244 e. The van der Waals surface area contributed by atoms with Gasteiger partial charge in [0, 0.05) is 34.8 Å². The first-order valence-corrected chi connectivity index (χ1v) is 8.25. The minimum atomic E-state index is -0.353. The van der Waals surface area contributed by atoms with Crippen molar-refractivity contribution in [2.45, 2.75) is 26.3 Å². The molecule has 0 aliphatic carbocycles. The van der Waals surface area contributed by atoms with Crippen LogP contribution >= 0.6 is 0 Å². The van der Waals surface area contributed by atoms with Gasteiger partial charge in [0.2, 0.25) is 5.91 Å². The Bertz CT molecular complexity index is 913. The minimum absolute atomic E-state index is 0.0800. The number of hydrogen-bond donors (Lipinski definition) is 1. The number of benzene rings is 2. The number of carbonyl (C=O) groups is 2. The molecule has 0 bridgehead atoms. The van der Waals surface area contributed by atoms with Crippen LogP contribution in [0.2, 0.25) is 0 Å². The highest BCUT2D eigenvalue weighted by Crippen LogP contribution is 2.23. The molecule has 0 atom stereocenters. The van der Waals surface area contributed by atoms with Gasteiger partial charge in [-0.2, -0.15) is 0 Å². The normalized spacial score (nSPS) is 10.8. The molecule has 0 aliphatic heterocycles. The van der Waals surface area contributed by atoms with Crippen molar-refractivity contribution < 1.29 is 14.0 Å². The van der Waals surface area contributed by atoms with E-state index in [9.17, 15) is 14.0 Å². The summed E-state index contributed by atoms with van der Waals surface area (Å²) in [5.41, 5.74) is 2.02. The summed E-state index contributed by atoms with van der Waals surface area (Å²) in [5, 5.41) is 3.59. The van der Waals surface area contributed by atoms with E-state index < -0.39 is 0 Å². The number of Topliss-reactive ketones (excluding diaryl/α,β-unsaturated/α-hetero) is 1. The summed E-state index contributed by atoms with van der Waals surface area (Å²) in [4.78, 5) is 24.6. The second-order valence-corrected chi connectivity index (χ2v) is 5.92. The van der Waals surface area contributed by atoms with Crippen LogP contribution < -0.4 is 5.32 Å².